The molecule has 10 heavy (non-hydrogen) atoms. The third kappa shape index (κ3) is 2.71. The predicted molar refractivity (Wildman–Crippen MR) is 41.6 cm³/mol. The first kappa shape index (κ1) is 8.08. The molecule has 0 aliphatic heterocycles. The Labute approximate surface area is 65.3 Å². The standard InChI is InChI=1S/C6H9ClO2S/c7-10(8,9)5-4-6-2-1-3-6/h4H,1-3,5H2. The molecule has 0 aromatic heterocycles. The summed E-state index contributed by atoms with van der Waals surface area (Å²) in [5.41, 5.74) is 1.23. The quantitative estimate of drug-likeness (QED) is 0.479. The molecule has 1 saturated carbocycles. The molecule has 0 aromatic carbocycles. The van der Waals surface area contributed by atoms with Gasteiger partial charge in [-0.25, -0.2) is 8.42 Å². The third-order valence-corrected chi connectivity index (χ3v) is 2.51. The van der Waals surface area contributed by atoms with E-state index in [1.807, 2.05) is 0 Å². The lowest BCUT2D eigenvalue weighted by atomic mass is 9.93. The van der Waals surface area contributed by atoms with Gasteiger partial charge in [-0.1, -0.05) is 11.6 Å². The van der Waals surface area contributed by atoms with Gasteiger partial charge in [0.05, 0.1) is 5.75 Å². The van der Waals surface area contributed by atoms with E-state index in [9.17, 15) is 8.42 Å². The van der Waals surface area contributed by atoms with Crippen molar-refractivity contribution < 1.29 is 8.42 Å². The molecule has 2 nitrogen and oxygen atoms in total. The van der Waals surface area contributed by atoms with E-state index in [2.05, 4.69) is 0 Å². The topological polar surface area (TPSA) is 34.1 Å². The normalized spacial score (nSPS) is 18.3. The maximum Gasteiger partial charge on any atom is 0.236 e. The highest BCUT2D eigenvalue weighted by molar-refractivity contribution is 8.13. The van der Waals surface area contributed by atoms with E-state index in [0.717, 1.165) is 12.8 Å². The van der Waals surface area contributed by atoms with Crippen LogP contribution in [0.4, 0.5) is 0 Å². The average molecular weight is 181 g/mol. The van der Waals surface area contributed by atoms with Crippen LogP contribution in [0.2, 0.25) is 0 Å². The lowest BCUT2D eigenvalue weighted by molar-refractivity contribution is 0.611. The summed E-state index contributed by atoms with van der Waals surface area (Å²) < 4.78 is 20.8. The lowest BCUT2D eigenvalue weighted by Gasteiger charge is -2.15. The molecule has 0 N–H and O–H groups in total. The Morgan fingerprint density at radius 1 is 1.50 bits per heavy atom. The molecule has 0 amide bonds. The van der Waals surface area contributed by atoms with Gasteiger partial charge in [0.15, 0.2) is 0 Å². The summed E-state index contributed by atoms with van der Waals surface area (Å²) in [7, 11) is 1.69. The highest BCUT2D eigenvalue weighted by Crippen LogP contribution is 2.25. The fraction of sp³-hybridized carbons (Fsp3) is 0.667. The van der Waals surface area contributed by atoms with E-state index in [4.69, 9.17) is 10.7 Å². The molecule has 0 bridgehead atoms. The van der Waals surface area contributed by atoms with Crippen LogP contribution in [-0.4, -0.2) is 14.2 Å². The summed E-state index contributed by atoms with van der Waals surface area (Å²) in [5.74, 6) is -0.0100. The highest BCUT2D eigenvalue weighted by atomic mass is 35.7. The Balaban J connectivity index is 2.41. The molecule has 0 heterocycles. The molecular formula is C6H9ClO2S. The molecule has 0 saturated heterocycles. The van der Waals surface area contributed by atoms with Crippen molar-refractivity contribution in [3.05, 3.63) is 11.6 Å². The highest BCUT2D eigenvalue weighted by Gasteiger charge is 2.09. The minimum Gasteiger partial charge on any atom is -0.212 e. The molecule has 0 radical (unpaired) electrons. The van der Waals surface area contributed by atoms with Crippen LogP contribution in [-0.2, 0) is 9.05 Å². The maximum atomic E-state index is 10.4. The van der Waals surface area contributed by atoms with Gasteiger partial charge < -0.3 is 0 Å². The summed E-state index contributed by atoms with van der Waals surface area (Å²) in [6.45, 7) is 0. The van der Waals surface area contributed by atoms with Crippen LogP contribution >= 0.6 is 10.7 Å². The van der Waals surface area contributed by atoms with Crippen LogP contribution in [0.3, 0.4) is 0 Å². The monoisotopic (exact) mass is 180 g/mol. The zero-order valence-corrected chi connectivity index (χ0v) is 7.08. The SMILES string of the molecule is O=S(=O)(Cl)CC=C1CCC1. The van der Waals surface area contributed by atoms with Crippen molar-refractivity contribution in [1.82, 2.24) is 0 Å². The zero-order chi connectivity index (χ0) is 7.61. The Bertz CT molecular complexity index is 234. The second-order valence-electron chi connectivity index (χ2n) is 2.42. The third-order valence-electron chi connectivity index (χ3n) is 1.57. The van der Waals surface area contributed by atoms with Crippen molar-refractivity contribution in [3.63, 3.8) is 0 Å². The summed E-state index contributed by atoms with van der Waals surface area (Å²) in [6, 6.07) is 0. The molecule has 4 heteroatoms. The Morgan fingerprint density at radius 2 is 2.10 bits per heavy atom. The van der Waals surface area contributed by atoms with Crippen LogP contribution in [0.15, 0.2) is 11.6 Å². The van der Waals surface area contributed by atoms with E-state index in [-0.39, 0.29) is 5.75 Å². The van der Waals surface area contributed by atoms with Gasteiger partial charge in [-0.15, -0.1) is 0 Å². The Morgan fingerprint density at radius 3 is 2.40 bits per heavy atom. The summed E-state index contributed by atoms with van der Waals surface area (Å²) >= 11 is 0. The lowest BCUT2D eigenvalue weighted by Crippen LogP contribution is -2.00. The molecule has 0 spiro atoms. The molecule has 1 rings (SSSR count). The van der Waals surface area contributed by atoms with Crippen molar-refractivity contribution in [1.29, 1.82) is 0 Å². The zero-order valence-electron chi connectivity index (χ0n) is 5.51. The van der Waals surface area contributed by atoms with Gasteiger partial charge in [-0.2, -0.15) is 0 Å². The van der Waals surface area contributed by atoms with E-state index in [1.165, 1.54) is 12.0 Å². The first-order valence-corrected chi connectivity index (χ1v) is 5.66. The van der Waals surface area contributed by atoms with Crippen molar-refractivity contribution in [2.24, 2.45) is 0 Å². The predicted octanol–water partition coefficient (Wildman–Crippen LogP) is 1.67. The summed E-state index contributed by atoms with van der Waals surface area (Å²) in [5, 5.41) is 0. The molecular weight excluding hydrogens is 172 g/mol. The second-order valence-corrected chi connectivity index (χ2v) is 5.24. The van der Waals surface area contributed by atoms with Gasteiger partial charge in [0.2, 0.25) is 9.05 Å². The molecule has 0 atom stereocenters. The molecule has 1 aliphatic rings. The van der Waals surface area contributed by atoms with Crippen LogP contribution < -0.4 is 0 Å². The second kappa shape index (κ2) is 2.93. The molecule has 1 aliphatic carbocycles. The van der Waals surface area contributed by atoms with E-state index in [1.54, 1.807) is 6.08 Å². The number of rotatable bonds is 2. The van der Waals surface area contributed by atoms with E-state index >= 15 is 0 Å². The van der Waals surface area contributed by atoms with Gasteiger partial charge in [-0.05, 0) is 19.3 Å². The van der Waals surface area contributed by atoms with Crippen molar-refractivity contribution in [2.75, 3.05) is 5.75 Å². The van der Waals surface area contributed by atoms with Crippen molar-refractivity contribution in [2.45, 2.75) is 19.3 Å². The largest absolute Gasteiger partial charge is 0.236 e. The smallest absolute Gasteiger partial charge is 0.212 e. The van der Waals surface area contributed by atoms with Crippen LogP contribution in [0, 0.1) is 0 Å². The fourth-order valence-electron chi connectivity index (χ4n) is 0.802. The van der Waals surface area contributed by atoms with E-state index in [0.29, 0.717) is 0 Å². The maximum absolute atomic E-state index is 10.4. The number of hydrogen-bond acceptors (Lipinski definition) is 2. The van der Waals surface area contributed by atoms with Crippen LogP contribution in [0.1, 0.15) is 19.3 Å². The fourth-order valence-corrected chi connectivity index (χ4v) is 1.43. The Kier molecular flexibility index (Phi) is 2.36. The molecule has 0 aromatic rings. The summed E-state index contributed by atoms with van der Waals surface area (Å²) in [6.07, 6.45) is 5.00. The van der Waals surface area contributed by atoms with Crippen molar-refractivity contribution >= 4 is 19.7 Å². The molecule has 58 valence electrons. The minimum atomic E-state index is -3.30. The van der Waals surface area contributed by atoms with Gasteiger partial charge in [0.25, 0.3) is 0 Å². The van der Waals surface area contributed by atoms with Gasteiger partial charge >= 0.3 is 0 Å². The first-order valence-electron chi connectivity index (χ1n) is 3.18. The average Bonchev–Trinajstić information content (AvgIpc) is 1.56. The minimum absolute atomic E-state index is 0.0100. The van der Waals surface area contributed by atoms with Gasteiger partial charge in [-0.3, -0.25) is 0 Å². The number of hydrogen-bond donors (Lipinski definition) is 0. The van der Waals surface area contributed by atoms with Crippen molar-refractivity contribution in [3.8, 4) is 0 Å². The van der Waals surface area contributed by atoms with Gasteiger partial charge in [0, 0.05) is 10.7 Å². The number of halogens is 1. The molecule has 1 fully saturated rings. The Hall–Kier alpha value is -0.0200. The van der Waals surface area contributed by atoms with E-state index < -0.39 is 9.05 Å². The van der Waals surface area contributed by atoms with Gasteiger partial charge in [0.1, 0.15) is 0 Å². The number of allylic oxidation sites excluding steroid dienone is 1. The van der Waals surface area contributed by atoms with Crippen LogP contribution in [0.25, 0.3) is 0 Å². The summed E-state index contributed by atoms with van der Waals surface area (Å²) in [4.78, 5) is 0. The molecule has 0 unspecified atom stereocenters. The van der Waals surface area contributed by atoms with Crippen LogP contribution in [0.5, 0.6) is 0 Å². The first-order chi connectivity index (χ1) is 4.58.